The fraction of sp³-hybridized carbons (Fsp3) is 0.500. The molecule has 0 bridgehead atoms. The van der Waals surface area contributed by atoms with Gasteiger partial charge in [-0.2, -0.15) is 0 Å². The normalized spacial score (nSPS) is 10.6. The topological polar surface area (TPSA) is 24.1 Å². The van der Waals surface area contributed by atoms with Gasteiger partial charge in [0.25, 0.3) is 0 Å². The molecule has 0 fully saturated rings. The molecule has 0 radical (unpaired) electrons. The first-order valence-electron chi connectivity index (χ1n) is 5.12. The third-order valence-corrected chi connectivity index (χ3v) is 1.56. The van der Waals surface area contributed by atoms with E-state index in [4.69, 9.17) is 0 Å². The minimum Gasteiger partial charge on any atom is -0.386 e. The van der Waals surface area contributed by atoms with Crippen LogP contribution < -0.4 is 10.6 Å². The molecule has 2 N–H and O–H groups in total. The Kier molecular flexibility index (Phi) is 6.63. The summed E-state index contributed by atoms with van der Waals surface area (Å²) >= 11 is 0. The van der Waals surface area contributed by atoms with Crippen LogP contribution in [-0.4, -0.2) is 12.6 Å². The highest BCUT2D eigenvalue weighted by Gasteiger charge is 1.91. The van der Waals surface area contributed by atoms with Crippen molar-refractivity contribution in [3.63, 3.8) is 0 Å². The van der Waals surface area contributed by atoms with E-state index >= 15 is 0 Å². The summed E-state index contributed by atoms with van der Waals surface area (Å²) in [6.07, 6.45) is 4.98. The van der Waals surface area contributed by atoms with Crippen LogP contribution in [0.1, 0.15) is 27.2 Å². The van der Waals surface area contributed by atoms with Crippen LogP contribution in [0.15, 0.2) is 36.7 Å². The highest BCUT2D eigenvalue weighted by molar-refractivity contribution is 5.22. The zero-order chi connectivity index (χ0) is 11.0. The highest BCUT2D eigenvalue weighted by atomic mass is 14.9. The third kappa shape index (κ3) is 7.47. The maximum atomic E-state index is 3.88. The van der Waals surface area contributed by atoms with E-state index in [2.05, 4.69) is 44.6 Å². The van der Waals surface area contributed by atoms with Gasteiger partial charge < -0.3 is 10.6 Å². The molecule has 0 aromatic carbocycles. The number of rotatable bonds is 7. The predicted octanol–water partition coefficient (Wildman–Crippen LogP) is 2.57. The molecule has 2 nitrogen and oxygen atoms in total. The van der Waals surface area contributed by atoms with Crippen LogP contribution in [0.2, 0.25) is 0 Å². The molecule has 0 saturated heterocycles. The zero-order valence-electron chi connectivity index (χ0n) is 9.56. The fourth-order valence-corrected chi connectivity index (χ4v) is 0.965. The maximum Gasteiger partial charge on any atom is 0.0269 e. The Labute approximate surface area is 87.8 Å². The molecule has 80 valence electrons. The zero-order valence-corrected chi connectivity index (χ0v) is 9.56. The second-order valence-electron chi connectivity index (χ2n) is 3.61. The van der Waals surface area contributed by atoms with Crippen molar-refractivity contribution in [2.75, 3.05) is 6.54 Å². The van der Waals surface area contributed by atoms with Crippen LogP contribution in [0.5, 0.6) is 0 Å². The summed E-state index contributed by atoms with van der Waals surface area (Å²) in [5.41, 5.74) is 1.85. The molecular weight excluding hydrogens is 172 g/mol. The lowest BCUT2D eigenvalue weighted by Crippen LogP contribution is -2.20. The molecule has 0 rings (SSSR count). The summed E-state index contributed by atoms with van der Waals surface area (Å²) in [5, 5.41) is 6.39. The standard InChI is InChI=1S/C12H22N2/c1-6-9-13-11(4)7-8-12(5)14-10(2)3/h7-8,10,13-14H,4-6,9H2,1-3H3/b8-7+. The summed E-state index contributed by atoms with van der Waals surface area (Å²) in [5.74, 6) is 0. The summed E-state index contributed by atoms with van der Waals surface area (Å²) in [6.45, 7) is 15.0. The molecule has 0 amide bonds. The predicted molar refractivity (Wildman–Crippen MR) is 64.0 cm³/mol. The van der Waals surface area contributed by atoms with E-state index < -0.39 is 0 Å². The van der Waals surface area contributed by atoms with Crippen LogP contribution in [0.25, 0.3) is 0 Å². The lowest BCUT2D eigenvalue weighted by molar-refractivity contribution is 0.683. The third-order valence-electron chi connectivity index (χ3n) is 1.56. The number of hydrogen-bond donors (Lipinski definition) is 2. The molecule has 0 aliphatic rings. The van der Waals surface area contributed by atoms with E-state index in [9.17, 15) is 0 Å². The van der Waals surface area contributed by atoms with Crippen molar-refractivity contribution in [3.8, 4) is 0 Å². The molecule has 0 saturated carbocycles. The van der Waals surface area contributed by atoms with Crippen LogP contribution in [0, 0.1) is 0 Å². The summed E-state index contributed by atoms with van der Waals surface area (Å²) in [6, 6.07) is 0.420. The summed E-state index contributed by atoms with van der Waals surface area (Å²) < 4.78 is 0. The minimum absolute atomic E-state index is 0.420. The lowest BCUT2D eigenvalue weighted by atomic mass is 10.3. The molecule has 0 spiro atoms. The van der Waals surface area contributed by atoms with Crippen LogP contribution in [-0.2, 0) is 0 Å². The van der Waals surface area contributed by atoms with Crippen LogP contribution in [0.3, 0.4) is 0 Å². The van der Waals surface area contributed by atoms with Gasteiger partial charge in [0, 0.05) is 24.0 Å². The Morgan fingerprint density at radius 2 is 1.79 bits per heavy atom. The van der Waals surface area contributed by atoms with Gasteiger partial charge in [-0.05, 0) is 32.4 Å². The van der Waals surface area contributed by atoms with E-state index in [1.807, 2.05) is 12.2 Å². The van der Waals surface area contributed by atoms with E-state index in [0.29, 0.717) is 6.04 Å². The first kappa shape index (κ1) is 12.8. The molecule has 0 aromatic heterocycles. The number of hydrogen-bond acceptors (Lipinski definition) is 2. The Bertz CT molecular complexity index is 214. The van der Waals surface area contributed by atoms with Crippen molar-refractivity contribution >= 4 is 0 Å². The van der Waals surface area contributed by atoms with Gasteiger partial charge in [-0.25, -0.2) is 0 Å². The Balaban J connectivity index is 3.79. The average molecular weight is 194 g/mol. The molecule has 0 aliphatic carbocycles. The van der Waals surface area contributed by atoms with E-state index in [1.54, 1.807) is 0 Å². The van der Waals surface area contributed by atoms with Gasteiger partial charge in [0.1, 0.15) is 0 Å². The van der Waals surface area contributed by atoms with Gasteiger partial charge >= 0.3 is 0 Å². The fourth-order valence-electron chi connectivity index (χ4n) is 0.965. The maximum absolute atomic E-state index is 3.88. The van der Waals surface area contributed by atoms with Crippen molar-refractivity contribution in [1.29, 1.82) is 0 Å². The first-order chi connectivity index (χ1) is 6.56. The largest absolute Gasteiger partial charge is 0.386 e. The van der Waals surface area contributed by atoms with Crippen LogP contribution >= 0.6 is 0 Å². The SMILES string of the molecule is C=C(/C=C/C(=C)NC(C)C)NCCC. The monoisotopic (exact) mass is 194 g/mol. The first-order valence-corrected chi connectivity index (χ1v) is 5.12. The van der Waals surface area contributed by atoms with Gasteiger partial charge in [-0.3, -0.25) is 0 Å². The smallest absolute Gasteiger partial charge is 0.0269 e. The number of nitrogens with one attached hydrogen (secondary N) is 2. The molecular formula is C12H22N2. The summed E-state index contributed by atoms with van der Waals surface area (Å²) in [7, 11) is 0. The Hall–Kier alpha value is -1.18. The summed E-state index contributed by atoms with van der Waals surface area (Å²) in [4.78, 5) is 0. The average Bonchev–Trinajstić information content (AvgIpc) is 2.10. The minimum atomic E-state index is 0.420. The van der Waals surface area contributed by atoms with Gasteiger partial charge in [-0.15, -0.1) is 0 Å². The Morgan fingerprint density at radius 1 is 1.21 bits per heavy atom. The molecule has 2 heteroatoms. The van der Waals surface area contributed by atoms with Gasteiger partial charge in [-0.1, -0.05) is 20.1 Å². The van der Waals surface area contributed by atoms with Gasteiger partial charge in [0.2, 0.25) is 0 Å². The second-order valence-corrected chi connectivity index (χ2v) is 3.61. The van der Waals surface area contributed by atoms with Crippen molar-refractivity contribution in [2.24, 2.45) is 0 Å². The molecule has 0 unspecified atom stereocenters. The molecule has 0 aliphatic heterocycles. The Morgan fingerprint density at radius 3 is 2.29 bits per heavy atom. The highest BCUT2D eigenvalue weighted by Crippen LogP contribution is 1.94. The van der Waals surface area contributed by atoms with Crippen molar-refractivity contribution in [2.45, 2.75) is 33.2 Å². The van der Waals surface area contributed by atoms with Crippen LogP contribution in [0.4, 0.5) is 0 Å². The molecule has 0 aromatic rings. The van der Waals surface area contributed by atoms with E-state index in [0.717, 1.165) is 24.4 Å². The van der Waals surface area contributed by atoms with Gasteiger partial charge in [0.05, 0.1) is 0 Å². The molecule has 0 atom stereocenters. The quantitative estimate of drug-likeness (QED) is 0.609. The molecule has 14 heavy (non-hydrogen) atoms. The van der Waals surface area contributed by atoms with Crippen molar-refractivity contribution < 1.29 is 0 Å². The van der Waals surface area contributed by atoms with E-state index in [1.165, 1.54) is 0 Å². The van der Waals surface area contributed by atoms with Crippen molar-refractivity contribution in [1.82, 2.24) is 10.6 Å². The van der Waals surface area contributed by atoms with Gasteiger partial charge in [0.15, 0.2) is 0 Å². The molecule has 0 heterocycles. The second kappa shape index (κ2) is 7.25. The number of allylic oxidation sites excluding steroid dienone is 2. The lowest BCUT2D eigenvalue weighted by Gasteiger charge is -2.09. The van der Waals surface area contributed by atoms with Crippen molar-refractivity contribution in [3.05, 3.63) is 36.7 Å². The van der Waals surface area contributed by atoms with E-state index in [-0.39, 0.29) is 0 Å².